The topological polar surface area (TPSA) is 64.6 Å². The van der Waals surface area contributed by atoms with Gasteiger partial charge in [-0.2, -0.15) is 0 Å². The minimum absolute atomic E-state index is 0.0983. The highest BCUT2D eigenvalue weighted by atomic mass is 32.2. The Morgan fingerprint density at radius 2 is 1.90 bits per heavy atom. The zero-order valence-corrected chi connectivity index (χ0v) is 19.7. The summed E-state index contributed by atoms with van der Waals surface area (Å²) in [6.07, 6.45) is 8.67. The SMILES string of the molecule is CCC(C)(C)COCCCS(=O)(=O)N[C@@H](c1cccc(OC2CCCC2)c1)C1CC1. The van der Waals surface area contributed by atoms with Crippen LogP contribution < -0.4 is 9.46 Å². The van der Waals surface area contributed by atoms with Crippen LogP contribution in [0.5, 0.6) is 5.75 Å². The number of ether oxygens (including phenoxy) is 2. The second kappa shape index (κ2) is 10.5. The van der Waals surface area contributed by atoms with Gasteiger partial charge in [-0.3, -0.25) is 0 Å². The molecule has 1 aromatic carbocycles. The van der Waals surface area contributed by atoms with E-state index in [0.29, 0.717) is 31.7 Å². The third-order valence-electron chi connectivity index (χ3n) is 6.37. The number of hydrogen-bond acceptors (Lipinski definition) is 4. The Hall–Kier alpha value is -1.11. The summed E-state index contributed by atoms with van der Waals surface area (Å²) in [4.78, 5) is 0. The van der Waals surface area contributed by atoms with Crippen molar-refractivity contribution >= 4 is 10.0 Å². The van der Waals surface area contributed by atoms with Gasteiger partial charge in [0.05, 0.1) is 18.5 Å². The van der Waals surface area contributed by atoms with Crippen molar-refractivity contribution in [3.05, 3.63) is 29.8 Å². The number of sulfonamides is 1. The Kier molecular flexibility index (Phi) is 8.22. The van der Waals surface area contributed by atoms with Crippen LogP contribution in [0.15, 0.2) is 24.3 Å². The predicted octanol–water partition coefficient (Wildman–Crippen LogP) is 5.22. The van der Waals surface area contributed by atoms with Gasteiger partial charge in [0, 0.05) is 12.6 Å². The zero-order chi connectivity index (χ0) is 21.6. The van der Waals surface area contributed by atoms with Gasteiger partial charge >= 0.3 is 0 Å². The molecule has 3 rings (SSSR count). The zero-order valence-electron chi connectivity index (χ0n) is 18.9. The van der Waals surface area contributed by atoms with E-state index in [2.05, 4.69) is 25.5 Å². The van der Waals surface area contributed by atoms with E-state index in [0.717, 1.165) is 43.4 Å². The molecule has 2 saturated carbocycles. The minimum atomic E-state index is -3.36. The Balaban J connectivity index is 1.53. The molecule has 0 saturated heterocycles. The quantitative estimate of drug-likeness (QED) is 0.430. The molecule has 0 aromatic heterocycles. The molecule has 1 aromatic rings. The van der Waals surface area contributed by atoms with Crippen LogP contribution in [0.3, 0.4) is 0 Å². The van der Waals surface area contributed by atoms with Crippen molar-refractivity contribution in [1.29, 1.82) is 0 Å². The van der Waals surface area contributed by atoms with E-state index in [4.69, 9.17) is 9.47 Å². The molecule has 170 valence electrons. The highest BCUT2D eigenvalue weighted by Gasteiger charge is 2.35. The smallest absolute Gasteiger partial charge is 0.212 e. The first-order valence-corrected chi connectivity index (χ1v) is 13.3. The second-order valence-electron chi connectivity index (χ2n) is 9.77. The van der Waals surface area contributed by atoms with Gasteiger partial charge in [-0.05, 0) is 80.4 Å². The third-order valence-corrected chi connectivity index (χ3v) is 7.81. The fourth-order valence-corrected chi connectivity index (χ4v) is 5.23. The van der Waals surface area contributed by atoms with Crippen LogP contribution in [0.1, 0.15) is 83.7 Å². The molecule has 1 N–H and O–H groups in total. The molecule has 0 aliphatic heterocycles. The van der Waals surface area contributed by atoms with E-state index in [9.17, 15) is 8.42 Å². The Bertz CT molecular complexity index is 767. The van der Waals surface area contributed by atoms with Gasteiger partial charge in [-0.25, -0.2) is 13.1 Å². The molecule has 0 radical (unpaired) electrons. The lowest BCUT2D eigenvalue weighted by Crippen LogP contribution is -2.32. The van der Waals surface area contributed by atoms with E-state index in [-0.39, 0.29) is 17.2 Å². The standard InChI is InChI=1S/C24H39NO4S/c1-4-24(2,3)18-28-15-8-16-30(26,27)25-23(19-13-14-19)20-9-7-12-22(17-20)29-21-10-5-6-11-21/h7,9,12,17,19,21,23,25H,4-6,8,10-11,13-16,18H2,1-3H3/t23-/m1/s1. The molecule has 30 heavy (non-hydrogen) atoms. The molecule has 0 amide bonds. The summed E-state index contributed by atoms with van der Waals surface area (Å²) in [5, 5.41) is 0. The summed E-state index contributed by atoms with van der Waals surface area (Å²) in [6.45, 7) is 7.61. The van der Waals surface area contributed by atoms with E-state index >= 15 is 0 Å². The van der Waals surface area contributed by atoms with Crippen LogP contribution >= 0.6 is 0 Å². The number of hydrogen-bond donors (Lipinski definition) is 1. The van der Waals surface area contributed by atoms with Gasteiger partial charge in [0.25, 0.3) is 0 Å². The van der Waals surface area contributed by atoms with Crippen molar-refractivity contribution in [3.8, 4) is 5.75 Å². The average molecular weight is 438 g/mol. The molecule has 2 fully saturated rings. The summed E-state index contributed by atoms with van der Waals surface area (Å²) < 4.78 is 40.3. The van der Waals surface area contributed by atoms with Crippen LogP contribution in [-0.2, 0) is 14.8 Å². The van der Waals surface area contributed by atoms with E-state index < -0.39 is 10.0 Å². The van der Waals surface area contributed by atoms with E-state index in [1.165, 1.54) is 12.8 Å². The van der Waals surface area contributed by atoms with Crippen molar-refractivity contribution in [1.82, 2.24) is 4.72 Å². The number of nitrogens with one attached hydrogen (secondary N) is 1. The number of rotatable bonds is 13. The molecule has 5 nitrogen and oxygen atoms in total. The molecule has 1 atom stereocenters. The molecule has 0 unspecified atom stereocenters. The van der Waals surface area contributed by atoms with Crippen LogP contribution in [0.25, 0.3) is 0 Å². The maximum Gasteiger partial charge on any atom is 0.212 e. The lowest BCUT2D eigenvalue weighted by Gasteiger charge is -2.22. The van der Waals surface area contributed by atoms with Gasteiger partial charge < -0.3 is 9.47 Å². The summed E-state index contributed by atoms with van der Waals surface area (Å²) in [6, 6.07) is 7.84. The monoisotopic (exact) mass is 437 g/mol. The summed E-state index contributed by atoms with van der Waals surface area (Å²) in [7, 11) is -3.36. The first-order chi connectivity index (χ1) is 14.3. The van der Waals surface area contributed by atoms with Gasteiger partial charge in [0.1, 0.15) is 5.75 Å². The minimum Gasteiger partial charge on any atom is -0.490 e. The van der Waals surface area contributed by atoms with Gasteiger partial charge in [-0.1, -0.05) is 32.9 Å². The number of benzene rings is 1. The third kappa shape index (κ3) is 7.54. The van der Waals surface area contributed by atoms with Gasteiger partial charge in [0.15, 0.2) is 0 Å². The van der Waals surface area contributed by atoms with Gasteiger partial charge in [0.2, 0.25) is 10.0 Å². The van der Waals surface area contributed by atoms with Crippen LogP contribution in [0.2, 0.25) is 0 Å². The molecule has 6 heteroatoms. The molecule has 2 aliphatic carbocycles. The molecule has 0 bridgehead atoms. The Morgan fingerprint density at radius 1 is 1.17 bits per heavy atom. The predicted molar refractivity (Wildman–Crippen MR) is 121 cm³/mol. The second-order valence-corrected chi connectivity index (χ2v) is 11.6. The molecule has 0 spiro atoms. The molecule has 0 heterocycles. The molecular weight excluding hydrogens is 398 g/mol. The normalized spacial score (nSPS) is 19.2. The fraction of sp³-hybridized carbons (Fsp3) is 0.750. The van der Waals surface area contributed by atoms with Gasteiger partial charge in [-0.15, -0.1) is 0 Å². The molecule has 2 aliphatic rings. The van der Waals surface area contributed by atoms with Crippen molar-refractivity contribution in [3.63, 3.8) is 0 Å². The summed E-state index contributed by atoms with van der Waals surface area (Å²) in [5.41, 5.74) is 1.15. The Morgan fingerprint density at radius 3 is 2.57 bits per heavy atom. The lowest BCUT2D eigenvalue weighted by atomic mass is 9.92. The van der Waals surface area contributed by atoms with Crippen LogP contribution in [-0.4, -0.2) is 33.5 Å². The lowest BCUT2D eigenvalue weighted by molar-refractivity contribution is 0.0610. The summed E-state index contributed by atoms with van der Waals surface area (Å²) in [5.74, 6) is 1.33. The van der Waals surface area contributed by atoms with Crippen LogP contribution in [0, 0.1) is 11.3 Å². The van der Waals surface area contributed by atoms with Crippen molar-refractivity contribution in [2.24, 2.45) is 11.3 Å². The largest absolute Gasteiger partial charge is 0.490 e. The fourth-order valence-electron chi connectivity index (χ4n) is 3.90. The van der Waals surface area contributed by atoms with Crippen molar-refractivity contribution in [2.45, 2.75) is 84.3 Å². The maximum atomic E-state index is 12.7. The van der Waals surface area contributed by atoms with Crippen molar-refractivity contribution in [2.75, 3.05) is 19.0 Å². The van der Waals surface area contributed by atoms with Crippen molar-refractivity contribution < 1.29 is 17.9 Å². The molecular formula is C24H39NO4S. The first-order valence-electron chi connectivity index (χ1n) is 11.6. The van der Waals surface area contributed by atoms with Crippen LogP contribution in [0.4, 0.5) is 0 Å². The summed E-state index contributed by atoms with van der Waals surface area (Å²) >= 11 is 0. The maximum absolute atomic E-state index is 12.7. The van der Waals surface area contributed by atoms with E-state index in [1.807, 2.05) is 24.3 Å². The highest BCUT2D eigenvalue weighted by molar-refractivity contribution is 7.89. The Labute approximate surface area is 183 Å². The van der Waals surface area contributed by atoms with E-state index in [1.54, 1.807) is 0 Å². The average Bonchev–Trinajstić information content (AvgIpc) is 3.42. The first kappa shape index (κ1) is 23.6. The highest BCUT2D eigenvalue weighted by Crippen LogP contribution is 2.42.